The molecule has 0 heteroatoms. The molecule has 0 aromatic rings. The summed E-state index contributed by atoms with van der Waals surface area (Å²) in [5, 5.41) is 0. The first kappa shape index (κ1) is 15.7. The van der Waals surface area contributed by atoms with Gasteiger partial charge in [0.05, 0.1) is 0 Å². The molecule has 0 aliphatic heterocycles. The minimum Gasteiger partial charge on any atom is -0.0882 e. The molecular weight excluding hydrogens is 192 g/mol. The zero-order valence-corrected chi connectivity index (χ0v) is 12.0. The molecule has 16 heavy (non-hydrogen) atoms. The van der Waals surface area contributed by atoms with E-state index in [1.807, 2.05) is 13.8 Å². The lowest BCUT2D eigenvalue weighted by Gasteiger charge is -2.24. The zero-order valence-electron chi connectivity index (χ0n) is 12.0. The van der Waals surface area contributed by atoms with Crippen molar-refractivity contribution in [2.75, 3.05) is 0 Å². The van der Waals surface area contributed by atoms with Crippen LogP contribution in [0.15, 0.2) is 12.2 Å². The Morgan fingerprint density at radius 3 is 2.38 bits per heavy atom. The lowest BCUT2D eigenvalue weighted by molar-refractivity contribution is 0.340. The minimum absolute atomic E-state index is 0.843. The molecule has 1 rings (SSSR count). The summed E-state index contributed by atoms with van der Waals surface area (Å²) in [5.41, 5.74) is 0. The van der Waals surface area contributed by atoms with Crippen molar-refractivity contribution < 1.29 is 0 Å². The Balaban J connectivity index is 0.00000106. The Labute approximate surface area is 104 Å². The fourth-order valence-corrected chi connectivity index (χ4v) is 2.46. The van der Waals surface area contributed by atoms with E-state index in [2.05, 4.69) is 26.0 Å². The molecule has 0 radical (unpaired) electrons. The Morgan fingerprint density at radius 2 is 1.75 bits per heavy atom. The van der Waals surface area contributed by atoms with E-state index in [1.54, 1.807) is 0 Å². The maximum Gasteiger partial charge on any atom is -0.0233 e. The first-order valence-corrected chi connectivity index (χ1v) is 7.51. The molecular formula is C16H32. The van der Waals surface area contributed by atoms with Crippen LogP contribution in [0.4, 0.5) is 0 Å². The molecule has 1 aliphatic carbocycles. The average Bonchev–Trinajstić information content (AvgIpc) is 2.34. The van der Waals surface area contributed by atoms with Crippen LogP contribution >= 0.6 is 0 Å². The van der Waals surface area contributed by atoms with Crippen molar-refractivity contribution >= 4 is 0 Å². The normalized spacial score (nSPS) is 23.8. The Morgan fingerprint density at radius 1 is 1.06 bits per heavy atom. The Kier molecular flexibility index (Phi) is 11.0. The predicted molar refractivity (Wildman–Crippen MR) is 75.8 cm³/mol. The van der Waals surface area contributed by atoms with Crippen LogP contribution in [0.5, 0.6) is 0 Å². The lowest BCUT2D eigenvalue weighted by Crippen LogP contribution is -2.12. The highest BCUT2D eigenvalue weighted by molar-refractivity contribution is 4.94. The van der Waals surface area contributed by atoms with Gasteiger partial charge in [-0.25, -0.2) is 0 Å². The van der Waals surface area contributed by atoms with E-state index in [1.165, 1.54) is 51.4 Å². The smallest absolute Gasteiger partial charge is 0.0233 e. The first-order valence-electron chi connectivity index (χ1n) is 7.51. The first-order chi connectivity index (χ1) is 7.84. The Hall–Kier alpha value is -0.260. The third kappa shape index (κ3) is 7.09. The van der Waals surface area contributed by atoms with Crippen LogP contribution in [0, 0.1) is 11.8 Å². The van der Waals surface area contributed by atoms with Crippen LogP contribution in [-0.2, 0) is 0 Å². The minimum atomic E-state index is 0.843. The second-order valence-corrected chi connectivity index (χ2v) is 4.83. The summed E-state index contributed by atoms with van der Waals surface area (Å²) in [5.74, 6) is 1.83. The zero-order chi connectivity index (χ0) is 12.2. The molecule has 96 valence electrons. The molecule has 2 unspecified atom stereocenters. The monoisotopic (exact) mass is 224 g/mol. The van der Waals surface area contributed by atoms with Gasteiger partial charge in [-0.1, -0.05) is 72.0 Å². The van der Waals surface area contributed by atoms with Crippen molar-refractivity contribution in [3.63, 3.8) is 0 Å². The topological polar surface area (TPSA) is 0 Å². The third-order valence-corrected chi connectivity index (χ3v) is 3.57. The molecule has 0 aromatic carbocycles. The predicted octanol–water partition coefficient (Wildman–Crippen LogP) is 5.98. The largest absolute Gasteiger partial charge is 0.0882 e. The van der Waals surface area contributed by atoms with Gasteiger partial charge < -0.3 is 0 Å². The summed E-state index contributed by atoms with van der Waals surface area (Å²) >= 11 is 0. The average molecular weight is 224 g/mol. The lowest BCUT2D eigenvalue weighted by atomic mass is 9.82. The standard InChI is InChI=1S/C14H26.C2H6/c1-3-4-5-6-7-11-14-12-9-8-10-13(14)2;1-2/h8,10,13-14H,3-7,9,11-12H2,1-2H3;1-2H3. The van der Waals surface area contributed by atoms with E-state index >= 15 is 0 Å². The number of unbranched alkanes of at least 4 members (excludes halogenated alkanes) is 4. The van der Waals surface area contributed by atoms with Crippen molar-refractivity contribution in [3.05, 3.63) is 12.2 Å². The molecule has 2 atom stereocenters. The van der Waals surface area contributed by atoms with E-state index in [0.29, 0.717) is 0 Å². The van der Waals surface area contributed by atoms with Crippen molar-refractivity contribution in [1.82, 2.24) is 0 Å². The summed E-state index contributed by atoms with van der Waals surface area (Å²) in [4.78, 5) is 0. The van der Waals surface area contributed by atoms with Crippen LogP contribution in [0.2, 0.25) is 0 Å². The van der Waals surface area contributed by atoms with Crippen LogP contribution in [-0.4, -0.2) is 0 Å². The van der Waals surface area contributed by atoms with Crippen molar-refractivity contribution in [2.45, 2.75) is 79.1 Å². The number of allylic oxidation sites excluding steroid dienone is 2. The highest BCUT2D eigenvalue weighted by Gasteiger charge is 2.16. The van der Waals surface area contributed by atoms with Gasteiger partial charge in [-0.2, -0.15) is 0 Å². The molecule has 0 spiro atoms. The quantitative estimate of drug-likeness (QED) is 0.385. The SMILES string of the molecule is CC.CCCCCCCC1CCC=CC1C. The second kappa shape index (κ2) is 11.2. The van der Waals surface area contributed by atoms with E-state index in [4.69, 9.17) is 0 Å². The molecule has 1 aliphatic rings. The molecule has 0 nitrogen and oxygen atoms in total. The Bertz CT molecular complexity index is 157. The van der Waals surface area contributed by atoms with Gasteiger partial charge >= 0.3 is 0 Å². The van der Waals surface area contributed by atoms with Gasteiger partial charge in [0.15, 0.2) is 0 Å². The van der Waals surface area contributed by atoms with Gasteiger partial charge in [-0.15, -0.1) is 0 Å². The van der Waals surface area contributed by atoms with E-state index in [9.17, 15) is 0 Å². The maximum atomic E-state index is 2.42. The van der Waals surface area contributed by atoms with Gasteiger partial charge in [-0.05, 0) is 31.1 Å². The van der Waals surface area contributed by atoms with Crippen LogP contribution < -0.4 is 0 Å². The number of rotatable bonds is 6. The maximum absolute atomic E-state index is 2.42. The molecule has 0 aromatic heterocycles. The van der Waals surface area contributed by atoms with Crippen molar-refractivity contribution in [2.24, 2.45) is 11.8 Å². The summed E-state index contributed by atoms with van der Waals surface area (Å²) in [6.45, 7) is 8.67. The van der Waals surface area contributed by atoms with E-state index in [-0.39, 0.29) is 0 Å². The fourth-order valence-electron chi connectivity index (χ4n) is 2.46. The fraction of sp³-hybridized carbons (Fsp3) is 0.875. The summed E-state index contributed by atoms with van der Waals surface area (Å²) in [6, 6.07) is 0. The molecule has 0 heterocycles. The van der Waals surface area contributed by atoms with Crippen LogP contribution in [0.3, 0.4) is 0 Å². The van der Waals surface area contributed by atoms with E-state index in [0.717, 1.165) is 11.8 Å². The van der Waals surface area contributed by atoms with Crippen LogP contribution in [0.25, 0.3) is 0 Å². The number of hydrogen-bond donors (Lipinski definition) is 0. The molecule has 0 bridgehead atoms. The van der Waals surface area contributed by atoms with Gasteiger partial charge in [0.1, 0.15) is 0 Å². The van der Waals surface area contributed by atoms with Crippen molar-refractivity contribution in [3.8, 4) is 0 Å². The molecule has 0 saturated heterocycles. The third-order valence-electron chi connectivity index (χ3n) is 3.57. The summed E-state index contributed by atoms with van der Waals surface area (Å²) < 4.78 is 0. The molecule has 0 saturated carbocycles. The second-order valence-electron chi connectivity index (χ2n) is 4.83. The molecule has 0 N–H and O–H groups in total. The molecule has 0 amide bonds. The summed E-state index contributed by atoms with van der Waals surface area (Å²) in [6.07, 6.45) is 16.2. The highest BCUT2D eigenvalue weighted by Crippen LogP contribution is 2.28. The van der Waals surface area contributed by atoms with Gasteiger partial charge in [0.2, 0.25) is 0 Å². The highest BCUT2D eigenvalue weighted by atomic mass is 14.2. The number of hydrogen-bond acceptors (Lipinski definition) is 0. The van der Waals surface area contributed by atoms with Gasteiger partial charge in [0.25, 0.3) is 0 Å². The van der Waals surface area contributed by atoms with Gasteiger partial charge in [0, 0.05) is 0 Å². The van der Waals surface area contributed by atoms with Gasteiger partial charge in [-0.3, -0.25) is 0 Å². The van der Waals surface area contributed by atoms with Crippen molar-refractivity contribution in [1.29, 1.82) is 0 Å². The van der Waals surface area contributed by atoms with Crippen LogP contribution in [0.1, 0.15) is 79.1 Å². The molecule has 0 fully saturated rings. The summed E-state index contributed by atoms with van der Waals surface area (Å²) in [7, 11) is 0. The van der Waals surface area contributed by atoms with E-state index < -0.39 is 0 Å².